The lowest BCUT2D eigenvalue weighted by molar-refractivity contribution is 0.281. The minimum absolute atomic E-state index is 0.114. The van der Waals surface area contributed by atoms with Gasteiger partial charge in [-0.2, -0.15) is 0 Å². The molecular weight excluding hydrogens is 330 g/mol. The predicted molar refractivity (Wildman–Crippen MR) is 79.3 cm³/mol. The first-order valence-corrected chi connectivity index (χ1v) is 8.44. The van der Waals surface area contributed by atoms with Crippen LogP contribution < -0.4 is 4.72 Å². The maximum atomic E-state index is 12.2. The number of hydrogen-bond acceptors (Lipinski definition) is 3. The van der Waals surface area contributed by atoms with Crippen molar-refractivity contribution in [1.82, 2.24) is 4.72 Å². The monoisotopic (exact) mass is 349 g/mol. The van der Waals surface area contributed by atoms with Gasteiger partial charge < -0.3 is 5.11 Å². The van der Waals surface area contributed by atoms with E-state index in [1.54, 1.807) is 12.1 Å². The second-order valence-electron chi connectivity index (χ2n) is 5.00. The van der Waals surface area contributed by atoms with Gasteiger partial charge in [0, 0.05) is 11.0 Å². The van der Waals surface area contributed by atoms with E-state index in [2.05, 4.69) is 34.5 Å². The quantitative estimate of drug-likeness (QED) is 0.829. The van der Waals surface area contributed by atoms with Crippen molar-refractivity contribution in [3.8, 4) is 0 Å². The van der Waals surface area contributed by atoms with E-state index in [0.29, 0.717) is 22.5 Å². The zero-order chi connectivity index (χ0) is 14.6. The molecule has 1 aromatic carbocycles. The fourth-order valence-corrected chi connectivity index (χ4v) is 3.68. The van der Waals surface area contributed by atoms with E-state index in [1.165, 1.54) is 6.07 Å². The van der Waals surface area contributed by atoms with E-state index in [4.69, 9.17) is 5.11 Å². The van der Waals surface area contributed by atoms with Crippen LogP contribution in [0.3, 0.4) is 0 Å². The van der Waals surface area contributed by atoms with Gasteiger partial charge in [-0.3, -0.25) is 0 Å². The van der Waals surface area contributed by atoms with Crippen LogP contribution in [0.15, 0.2) is 27.6 Å². The fraction of sp³-hybridized carbons (Fsp3) is 0.538. The minimum atomic E-state index is -3.52. The number of hydrogen-bond donors (Lipinski definition) is 2. The van der Waals surface area contributed by atoms with Gasteiger partial charge in [0.25, 0.3) is 0 Å². The highest BCUT2D eigenvalue weighted by molar-refractivity contribution is 9.10. The molecule has 0 spiro atoms. The topological polar surface area (TPSA) is 66.4 Å². The Morgan fingerprint density at radius 1 is 1.32 bits per heavy atom. The molecular formula is C13H20BrNO3S. The molecule has 0 aliphatic rings. The zero-order valence-corrected chi connectivity index (χ0v) is 13.8. The summed E-state index contributed by atoms with van der Waals surface area (Å²) >= 11 is 3.23. The van der Waals surface area contributed by atoms with Gasteiger partial charge in [0.05, 0.1) is 11.5 Å². The first-order chi connectivity index (χ1) is 8.77. The molecule has 0 aromatic heterocycles. The molecule has 0 aliphatic heterocycles. The van der Waals surface area contributed by atoms with Crippen molar-refractivity contribution in [3.05, 3.63) is 28.2 Å². The Morgan fingerprint density at radius 3 is 2.42 bits per heavy atom. The molecule has 1 rings (SSSR count). The highest BCUT2D eigenvalue weighted by Gasteiger charge is 2.19. The van der Waals surface area contributed by atoms with Crippen LogP contribution in [0.1, 0.15) is 26.3 Å². The van der Waals surface area contributed by atoms with Crippen molar-refractivity contribution in [3.63, 3.8) is 0 Å². The molecule has 1 unspecified atom stereocenters. The van der Waals surface area contributed by atoms with E-state index in [-0.39, 0.29) is 17.4 Å². The largest absolute Gasteiger partial charge is 0.392 e. The van der Waals surface area contributed by atoms with E-state index >= 15 is 0 Å². The molecule has 0 saturated heterocycles. The summed E-state index contributed by atoms with van der Waals surface area (Å²) < 4.78 is 27.4. The molecule has 0 fully saturated rings. The summed E-state index contributed by atoms with van der Waals surface area (Å²) in [6.45, 7) is 6.43. The van der Waals surface area contributed by atoms with Gasteiger partial charge in [-0.05, 0) is 45.5 Å². The first kappa shape index (κ1) is 16.6. The summed E-state index contributed by atoms with van der Waals surface area (Å²) in [5.41, 5.74) is 0.668. The summed E-state index contributed by atoms with van der Waals surface area (Å²) in [4.78, 5) is 0.195. The van der Waals surface area contributed by atoms with Crippen LogP contribution in [0.2, 0.25) is 0 Å². The molecule has 0 amide bonds. The molecule has 19 heavy (non-hydrogen) atoms. The van der Waals surface area contributed by atoms with Crippen LogP contribution in [0, 0.1) is 11.8 Å². The van der Waals surface area contributed by atoms with Crippen molar-refractivity contribution in [1.29, 1.82) is 0 Å². The maximum Gasteiger partial charge on any atom is 0.241 e. The van der Waals surface area contributed by atoms with Crippen LogP contribution in [0.4, 0.5) is 0 Å². The number of benzene rings is 1. The maximum absolute atomic E-state index is 12.2. The average Bonchev–Trinajstić information content (AvgIpc) is 2.35. The normalized spacial score (nSPS) is 13.8. The van der Waals surface area contributed by atoms with Crippen LogP contribution in [0.25, 0.3) is 0 Å². The highest BCUT2D eigenvalue weighted by atomic mass is 79.9. The van der Waals surface area contributed by atoms with Gasteiger partial charge in [-0.25, -0.2) is 13.1 Å². The summed E-state index contributed by atoms with van der Waals surface area (Å²) in [5.74, 6) is 0.688. The van der Waals surface area contributed by atoms with Gasteiger partial charge in [0.1, 0.15) is 0 Å². The van der Waals surface area contributed by atoms with E-state index in [1.807, 2.05) is 6.92 Å². The lowest BCUT2D eigenvalue weighted by atomic mass is 9.99. The number of sulfonamides is 1. The van der Waals surface area contributed by atoms with Gasteiger partial charge in [-0.1, -0.05) is 26.8 Å². The predicted octanol–water partition coefficient (Wildman–Crippen LogP) is 2.51. The van der Waals surface area contributed by atoms with Gasteiger partial charge in [0.2, 0.25) is 10.0 Å². The van der Waals surface area contributed by atoms with Crippen molar-refractivity contribution in [2.24, 2.45) is 11.8 Å². The first-order valence-electron chi connectivity index (χ1n) is 6.17. The molecule has 2 N–H and O–H groups in total. The molecule has 0 heterocycles. The molecule has 1 aromatic rings. The number of halogens is 1. The minimum Gasteiger partial charge on any atom is -0.392 e. The second-order valence-corrected chi connectivity index (χ2v) is 7.59. The standard InChI is InChI=1S/C13H20BrNO3S/c1-9(2)10(3)7-15-19(17,18)13-5-4-11(8-16)6-12(13)14/h4-6,9-10,15-16H,7-8H2,1-3H3. The summed E-state index contributed by atoms with van der Waals surface area (Å²) in [6, 6.07) is 4.71. The fourth-order valence-electron chi connectivity index (χ4n) is 1.42. The molecule has 108 valence electrons. The van der Waals surface area contributed by atoms with Crippen LogP contribution in [-0.4, -0.2) is 20.1 Å². The second kappa shape index (κ2) is 6.83. The van der Waals surface area contributed by atoms with Gasteiger partial charge >= 0.3 is 0 Å². The Bertz CT molecular complexity index is 529. The third kappa shape index (κ3) is 4.56. The number of aliphatic hydroxyl groups is 1. The Morgan fingerprint density at radius 2 is 1.95 bits per heavy atom. The Labute approximate surface area is 123 Å². The lowest BCUT2D eigenvalue weighted by Gasteiger charge is -2.16. The number of nitrogens with one attached hydrogen (secondary N) is 1. The number of rotatable bonds is 6. The molecule has 0 bridgehead atoms. The zero-order valence-electron chi connectivity index (χ0n) is 11.4. The van der Waals surface area contributed by atoms with E-state index < -0.39 is 10.0 Å². The molecule has 0 radical (unpaired) electrons. The van der Waals surface area contributed by atoms with Crippen molar-refractivity contribution in [2.45, 2.75) is 32.3 Å². The summed E-state index contributed by atoms with van der Waals surface area (Å²) in [7, 11) is -3.52. The van der Waals surface area contributed by atoms with Crippen molar-refractivity contribution in [2.75, 3.05) is 6.54 Å². The SMILES string of the molecule is CC(C)C(C)CNS(=O)(=O)c1ccc(CO)cc1Br. The third-order valence-electron chi connectivity index (χ3n) is 3.20. The van der Waals surface area contributed by atoms with Crippen LogP contribution in [-0.2, 0) is 16.6 Å². The Hall–Kier alpha value is -0.430. The number of aliphatic hydroxyl groups excluding tert-OH is 1. The van der Waals surface area contributed by atoms with E-state index in [9.17, 15) is 8.42 Å². The highest BCUT2D eigenvalue weighted by Crippen LogP contribution is 2.23. The van der Waals surface area contributed by atoms with Crippen LogP contribution in [0.5, 0.6) is 0 Å². The van der Waals surface area contributed by atoms with Crippen LogP contribution >= 0.6 is 15.9 Å². The van der Waals surface area contributed by atoms with E-state index in [0.717, 1.165) is 0 Å². The Kier molecular flexibility index (Phi) is 5.98. The smallest absolute Gasteiger partial charge is 0.241 e. The Balaban J connectivity index is 2.89. The third-order valence-corrected chi connectivity index (χ3v) is 5.60. The molecule has 0 saturated carbocycles. The van der Waals surface area contributed by atoms with Gasteiger partial charge in [-0.15, -0.1) is 0 Å². The molecule has 6 heteroatoms. The van der Waals surface area contributed by atoms with Gasteiger partial charge in [0.15, 0.2) is 0 Å². The summed E-state index contributed by atoms with van der Waals surface area (Å²) in [5, 5.41) is 9.01. The molecule has 0 aliphatic carbocycles. The summed E-state index contributed by atoms with van der Waals surface area (Å²) in [6.07, 6.45) is 0. The van der Waals surface area contributed by atoms with Crippen molar-refractivity contribution >= 4 is 26.0 Å². The lowest BCUT2D eigenvalue weighted by Crippen LogP contribution is -2.30. The molecule has 4 nitrogen and oxygen atoms in total. The van der Waals surface area contributed by atoms with Crippen molar-refractivity contribution < 1.29 is 13.5 Å². The molecule has 1 atom stereocenters. The average molecular weight is 350 g/mol.